The van der Waals surface area contributed by atoms with Crippen molar-refractivity contribution in [2.75, 3.05) is 26.2 Å². The van der Waals surface area contributed by atoms with Gasteiger partial charge in [0.05, 0.1) is 4.88 Å². The molecule has 2 N–H and O–H groups in total. The van der Waals surface area contributed by atoms with Crippen molar-refractivity contribution in [2.24, 2.45) is 23.5 Å². The van der Waals surface area contributed by atoms with E-state index in [4.69, 9.17) is 15.3 Å². The van der Waals surface area contributed by atoms with E-state index < -0.39 is 0 Å². The Labute approximate surface area is 321 Å². The van der Waals surface area contributed by atoms with Crippen molar-refractivity contribution in [1.29, 1.82) is 0 Å². The molecule has 9 heteroatoms. The minimum absolute atomic E-state index is 0. The predicted octanol–water partition coefficient (Wildman–Crippen LogP) is 9.41. The summed E-state index contributed by atoms with van der Waals surface area (Å²) in [5.41, 5.74) is 10.2. The summed E-state index contributed by atoms with van der Waals surface area (Å²) in [6.07, 6.45) is 17.3. The molecule has 2 spiro atoms. The molecule has 0 radical (unpaired) electrons. The summed E-state index contributed by atoms with van der Waals surface area (Å²) in [6.45, 7) is 5.22. The molecule has 10 fully saturated rings. The highest BCUT2D eigenvalue weighted by Gasteiger charge is 2.60. The van der Waals surface area contributed by atoms with Gasteiger partial charge < -0.3 is 5.73 Å². The molecule has 0 unspecified atom stereocenters. The first-order valence-electron chi connectivity index (χ1n) is 19.7. The number of Topliss-reactive ketones (excluding diaryl/α,β-unsaturated/α-hetero) is 1. The van der Waals surface area contributed by atoms with Crippen LogP contribution in [0.25, 0.3) is 20.2 Å². The number of benzene rings is 2. The fourth-order valence-corrected chi connectivity index (χ4v) is 12.9. The number of hydrogen-bond acceptors (Lipinski definition) is 8. The largest absolute Gasteiger partial charge is 0.373 e. The van der Waals surface area contributed by atoms with E-state index in [1.165, 1.54) is 129 Å². The van der Waals surface area contributed by atoms with Crippen LogP contribution in [0.5, 0.6) is 0 Å². The third-order valence-corrected chi connectivity index (χ3v) is 16.3. The predicted molar refractivity (Wildman–Crippen MR) is 213 cm³/mol. The molecule has 4 saturated carbocycles. The fraction of sp³-hybridized carbons (Fsp3) is 0.581. The van der Waals surface area contributed by atoms with Crippen molar-refractivity contribution in [3.05, 3.63) is 69.9 Å². The third kappa shape index (κ3) is 6.76. The van der Waals surface area contributed by atoms with Gasteiger partial charge in [0.15, 0.2) is 5.78 Å². The minimum atomic E-state index is 0. The standard InChI is InChI=1S/C22H25NOS.C11H10S.C9H16N2.CO2.ClH/c24-19(13-18-15-6-10-23(11-7-15)22(18)8-9-22)20-12-16-2-1-3-17(14-4-5-14)21(16)25-20;1-2-9-6-7-12-11(9)10(3-1)8-4-5-8;10-8-7-1-5-11(6-2-7)9(8)3-4-9;2-1-3;/h1-3,12,14-15,18H,4-11,13H2;1-3,6-8H,4-5H2;7-8H,1-6,10H2;;1H/t18-;;8-;;/m1.1../s1. The first-order chi connectivity index (χ1) is 24.9. The van der Waals surface area contributed by atoms with Crippen LogP contribution in [0.1, 0.15) is 116 Å². The highest BCUT2D eigenvalue weighted by atomic mass is 35.5. The van der Waals surface area contributed by atoms with E-state index in [-0.39, 0.29) is 18.6 Å². The van der Waals surface area contributed by atoms with Crippen LogP contribution in [0.15, 0.2) is 53.9 Å². The Morgan fingerprint density at radius 1 is 0.731 bits per heavy atom. The number of carbonyl (C=O) groups is 1. The van der Waals surface area contributed by atoms with Crippen molar-refractivity contribution in [2.45, 2.75) is 112 Å². The first-order valence-corrected chi connectivity index (χ1v) is 21.4. The summed E-state index contributed by atoms with van der Waals surface area (Å²) in [5, 5.41) is 4.90. The SMILES string of the molecule is Cl.N[C@@H]1C2CCN(CC2)C12CC2.O=C(C[C@@H]1C2CCN(CC2)C12CC2)c1cc2cccc(C3CC3)c2s1.O=C=O.c1cc(C2CC2)c2sccc2c1. The second-order valence-corrected chi connectivity index (χ2v) is 18.8. The molecular weight excluding hydrogens is 706 g/mol. The lowest BCUT2D eigenvalue weighted by Gasteiger charge is -2.52. The number of fused-ring (bicyclic) bond motifs is 6. The number of halogens is 1. The maximum atomic E-state index is 13.2. The van der Waals surface area contributed by atoms with Gasteiger partial charge in [-0.15, -0.1) is 35.1 Å². The number of carbonyl (C=O) groups excluding carboxylic acids is 3. The Morgan fingerprint density at radius 2 is 1.27 bits per heavy atom. The highest BCUT2D eigenvalue weighted by molar-refractivity contribution is 7.21. The Bertz CT molecular complexity index is 1930. The first kappa shape index (κ1) is 36.6. The number of piperidine rings is 6. The van der Waals surface area contributed by atoms with E-state index in [1.54, 1.807) is 16.9 Å². The van der Waals surface area contributed by atoms with Gasteiger partial charge in [-0.2, -0.15) is 9.59 Å². The second kappa shape index (κ2) is 14.7. The minimum Gasteiger partial charge on any atom is -0.326 e. The molecule has 2 atom stereocenters. The van der Waals surface area contributed by atoms with Gasteiger partial charge in [0.1, 0.15) is 0 Å². The molecule has 6 aliphatic heterocycles. The fourth-order valence-electron chi connectivity index (χ4n) is 10.7. The van der Waals surface area contributed by atoms with Crippen molar-refractivity contribution < 1.29 is 14.4 Å². The number of nitrogens with two attached hydrogens (primary N) is 1. The van der Waals surface area contributed by atoms with Gasteiger partial charge in [0.25, 0.3) is 0 Å². The molecular formula is C43H52ClN3O3S2. The van der Waals surface area contributed by atoms with E-state index in [0.717, 1.165) is 35.0 Å². The van der Waals surface area contributed by atoms with Crippen molar-refractivity contribution in [3.63, 3.8) is 0 Å². The maximum Gasteiger partial charge on any atom is 0.373 e. The molecule has 276 valence electrons. The van der Waals surface area contributed by atoms with Gasteiger partial charge in [-0.05, 0) is 172 Å². The van der Waals surface area contributed by atoms with Gasteiger partial charge >= 0.3 is 6.15 Å². The number of hydrogen-bond donors (Lipinski definition) is 1. The normalized spacial score (nSPS) is 30.6. The summed E-state index contributed by atoms with van der Waals surface area (Å²) in [7, 11) is 0. The smallest absolute Gasteiger partial charge is 0.326 e. The average molecular weight is 758 g/mol. The lowest BCUT2D eigenvalue weighted by molar-refractivity contribution is -0.191. The second-order valence-electron chi connectivity index (χ2n) is 16.8. The molecule has 0 amide bonds. The summed E-state index contributed by atoms with van der Waals surface area (Å²) in [6, 6.07) is 18.2. The van der Waals surface area contributed by atoms with Gasteiger partial charge in [-0.25, -0.2) is 0 Å². The number of thiophene rings is 2. The molecule has 4 aliphatic carbocycles. The lowest BCUT2D eigenvalue weighted by atomic mass is 9.70. The highest BCUT2D eigenvalue weighted by Crippen LogP contribution is 2.59. The van der Waals surface area contributed by atoms with Crippen molar-refractivity contribution >= 4 is 67.2 Å². The molecule has 52 heavy (non-hydrogen) atoms. The van der Waals surface area contributed by atoms with Gasteiger partial charge in [-0.1, -0.05) is 36.4 Å². The molecule has 8 heterocycles. The van der Waals surface area contributed by atoms with E-state index in [9.17, 15) is 4.79 Å². The molecule has 14 rings (SSSR count). The molecule has 4 bridgehead atoms. The zero-order valence-corrected chi connectivity index (χ0v) is 32.6. The maximum absolute atomic E-state index is 13.2. The number of ketones is 1. The van der Waals surface area contributed by atoms with Gasteiger partial charge in [0, 0.05) is 32.9 Å². The van der Waals surface area contributed by atoms with E-state index in [2.05, 4.69) is 63.7 Å². The van der Waals surface area contributed by atoms with Gasteiger partial charge in [0.2, 0.25) is 0 Å². The third-order valence-electron chi connectivity index (χ3n) is 14.0. The summed E-state index contributed by atoms with van der Waals surface area (Å²) in [4.78, 5) is 35.8. The number of nitrogens with zero attached hydrogens (tertiary/aromatic N) is 2. The van der Waals surface area contributed by atoms with Crippen LogP contribution in [-0.2, 0) is 9.59 Å². The quantitative estimate of drug-likeness (QED) is 0.204. The molecule has 6 saturated heterocycles. The van der Waals surface area contributed by atoms with E-state index in [0.29, 0.717) is 28.8 Å². The van der Waals surface area contributed by atoms with Crippen molar-refractivity contribution in [1.82, 2.24) is 9.80 Å². The molecule has 2 aromatic carbocycles. The molecule has 6 nitrogen and oxygen atoms in total. The molecule has 10 aliphatic rings. The molecule has 4 aromatic rings. The Balaban J connectivity index is 0.000000119. The number of rotatable bonds is 5. The summed E-state index contributed by atoms with van der Waals surface area (Å²) in [5.74, 6) is 4.33. The topological polar surface area (TPSA) is 83.7 Å². The lowest BCUT2D eigenvalue weighted by Crippen LogP contribution is -2.63. The zero-order valence-electron chi connectivity index (χ0n) is 30.1. The van der Waals surface area contributed by atoms with Crippen LogP contribution < -0.4 is 5.73 Å². The monoisotopic (exact) mass is 757 g/mol. The van der Waals surface area contributed by atoms with Crippen LogP contribution in [0, 0.1) is 17.8 Å². The van der Waals surface area contributed by atoms with Crippen LogP contribution in [0.4, 0.5) is 0 Å². The Morgan fingerprint density at radius 3 is 1.81 bits per heavy atom. The van der Waals surface area contributed by atoms with Crippen LogP contribution in [-0.4, -0.2) is 65.0 Å². The van der Waals surface area contributed by atoms with E-state index in [1.807, 2.05) is 11.3 Å². The Hall–Kier alpha value is -2.42. The van der Waals surface area contributed by atoms with Crippen LogP contribution in [0.2, 0.25) is 0 Å². The summed E-state index contributed by atoms with van der Waals surface area (Å²) < 4.78 is 2.89. The molecule has 2 aromatic heterocycles. The Kier molecular flexibility index (Phi) is 10.3. The van der Waals surface area contributed by atoms with Crippen LogP contribution in [0.3, 0.4) is 0 Å². The van der Waals surface area contributed by atoms with Crippen molar-refractivity contribution in [3.8, 4) is 0 Å². The average Bonchev–Trinajstić information content (AvgIpc) is 3.97. The van der Waals surface area contributed by atoms with E-state index >= 15 is 0 Å². The zero-order chi connectivity index (χ0) is 34.7. The van der Waals surface area contributed by atoms with Gasteiger partial charge in [-0.3, -0.25) is 14.6 Å². The van der Waals surface area contributed by atoms with Crippen LogP contribution >= 0.6 is 35.1 Å². The summed E-state index contributed by atoms with van der Waals surface area (Å²) >= 11 is 3.65.